The van der Waals surface area contributed by atoms with Gasteiger partial charge in [0.15, 0.2) is 11.5 Å². The zero-order valence-corrected chi connectivity index (χ0v) is 16.9. The number of carbonyl (C=O) groups is 1. The van der Waals surface area contributed by atoms with Crippen molar-refractivity contribution in [1.82, 2.24) is 15.1 Å². The molecule has 7 heteroatoms. The first-order valence-electron chi connectivity index (χ1n) is 9.79. The third-order valence-corrected chi connectivity index (χ3v) is 5.34. The molecule has 2 aromatic carbocycles. The van der Waals surface area contributed by atoms with E-state index in [0.29, 0.717) is 18.8 Å². The summed E-state index contributed by atoms with van der Waals surface area (Å²) in [5, 5.41) is 12.7. The van der Waals surface area contributed by atoms with Crippen molar-refractivity contribution in [3.63, 3.8) is 0 Å². The van der Waals surface area contributed by atoms with Crippen LogP contribution in [0.15, 0.2) is 42.5 Å². The van der Waals surface area contributed by atoms with Gasteiger partial charge in [-0.3, -0.25) is 0 Å². The van der Waals surface area contributed by atoms with Crippen molar-refractivity contribution in [2.24, 2.45) is 0 Å². The quantitative estimate of drug-likeness (QED) is 0.779. The molecule has 0 aromatic heterocycles. The van der Waals surface area contributed by atoms with E-state index in [1.807, 2.05) is 4.90 Å². The number of carbonyl (C=O) groups excluding carboxylic acids is 1. The first kappa shape index (κ1) is 20.9. The van der Waals surface area contributed by atoms with Crippen LogP contribution in [0.3, 0.4) is 0 Å². The van der Waals surface area contributed by atoms with Crippen molar-refractivity contribution in [2.75, 3.05) is 27.2 Å². The molecule has 1 aliphatic rings. The number of methoxy groups -OCH3 is 1. The Hall–Kier alpha value is -2.80. The average Bonchev–Trinajstić information content (AvgIpc) is 2.73. The van der Waals surface area contributed by atoms with Gasteiger partial charge in [-0.05, 0) is 68.4 Å². The summed E-state index contributed by atoms with van der Waals surface area (Å²) in [6.07, 6.45) is 1.80. The van der Waals surface area contributed by atoms with Gasteiger partial charge in [-0.1, -0.05) is 18.2 Å². The number of piperidine rings is 1. The normalized spacial score (nSPS) is 15.1. The monoisotopic (exact) mass is 401 g/mol. The van der Waals surface area contributed by atoms with Crippen molar-refractivity contribution >= 4 is 6.03 Å². The van der Waals surface area contributed by atoms with E-state index in [0.717, 1.165) is 37.1 Å². The zero-order chi connectivity index (χ0) is 20.8. The Bertz CT molecular complexity index is 821. The lowest BCUT2D eigenvalue weighted by molar-refractivity contribution is 0.127. The highest BCUT2D eigenvalue weighted by atomic mass is 19.1. The molecule has 1 aliphatic heterocycles. The molecule has 1 heterocycles. The van der Waals surface area contributed by atoms with Crippen molar-refractivity contribution in [3.05, 3.63) is 59.4 Å². The summed E-state index contributed by atoms with van der Waals surface area (Å²) < 4.78 is 18.4. The number of phenolic OH excluding ortho intramolecular Hbond substituents is 1. The molecular weight excluding hydrogens is 373 g/mol. The summed E-state index contributed by atoms with van der Waals surface area (Å²) in [5.74, 6) is 0.146. The molecule has 0 atom stereocenters. The van der Waals surface area contributed by atoms with E-state index in [2.05, 4.69) is 17.3 Å². The van der Waals surface area contributed by atoms with Gasteiger partial charge < -0.3 is 25.0 Å². The number of aromatic hydroxyl groups is 1. The summed E-state index contributed by atoms with van der Waals surface area (Å²) in [5.41, 5.74) is 1.73. The van der Waals surface area contributed by atoms with Crippen LogP contribution in [0.5, 0.6) is 11.5 Å². The van der Waals surface area contributed by atoms with Crippen LogP contribution in [-0.2, 0) is 13.1 Å². The van der Waals surface area contributed by atoms with Gasteiger partial charge in [0.05, 0.1) is 7.11 Å². The molecule has 0 radical (unpaired) electrons. The summed E-state index contributed by atoms with van der Waals surface area (Å²) in [6.45, 7) is 2.63. The Morgan fingerprint density at radius 2 is 1.86 bits per heavy atom. The summed E-state index contributed by atoms with van der Waals surface area (Å²) >= 11 is 0. The van der Waals surface area contributed by atoms with Gasteiger partial charge in [0.1, 0.15) is 5.82 Å². The number of urea groups is 1. The van der Waals surface area contributed by atoms with Gasteiger partial charge in [-0.15, -0.1) is 0 Å². The summed E-state index contributed by atoms with van der Waals surface area (Å²) in [7, 11) is 3.57. The fourth-order valence-corrected chi connectivity index (χ4v) is 3.57. The number of likely N-dealkylation sites (tertiary alicyclic amines) is 1. The van der Waals surface area contributed by atoms with E-state index in [1.54, 1.807) is 30.3 Å². The van der Waals surface area contributed by atoms with Gasteiger partial charge in [0.25, 0.3) is 0 Å². The van der Waals surface area contributed by atoms with Gasteiger partial charge >= 0.3 is 6.03 Å². The Balaban J connectivity index is 1.70. The van der Waals surface area contributed by atoms with Gasteiger partial charge in [-0.2, -0.15) is 0 Å². The largest absolute Gasteiger partial charge is 0.504 e. The van der Waals surface area contributed by atoms with E-state index in [1.165, 1.54) is 19.2 Å². The number of ether oxygens (including phenoxy) is 1. The minimum Gasteiger partial charge on any atom is -0.504 e. The van der Waals surface area contributed by atoms with Crippen molar-refractivity contribution in [1.29, 1.82) is 0 Å². The summed E-state index contributed by atoms with van der Waals surface area (Å²) in [4.78, 5) is 17.1. The molecule has 0 saturated carbocycles. The molecule has 0 spiro atoms. The molecule has 0 aliphatic carbocycles. The van der Waals surface area contributed by atoms with Crippen molar-refractivity contribution in [3.8, 4) is 11.5 Å². The summed E-state index contributed by atoms with van der Waals surface area (Å²) in [6, 6.07) is 11.2. The molecule has 156 valence electrons. The van der Waals surface area contributed by atoms with E-state index in [9.17, 15) is 14.3 Å². The molecule has 1 saturated heterocycles. The second-order valence-corrected chi connectivity index (χ2v) is 7.45. The molecule has 0 bridgehead atoms. The topological polar surface area (TPSA) is 65.0 Å². The predicted octanol–water partition coefficient (Wildman–Crippen LogP) is 3.35. The number of nitrogens with one attached hydrogen (secondary N) is 1. The Labute approximate surface area is 170 Å². The second-order valence-electron chi connectivity index (χ2n) is 7.45. The Morgan fingerprint density at radius 3 is 2.52 bits per heavy atom. The highest BCUT2D eigenvalue weighted by Gasteiger charge is 2.27. The molecular formula is C22H28FN3O3. The number of nitrogens with zero attached hydrogens (tertiary/aromatic N) is 2. The van der Waals surface area contributed by atoms with Gasteiger partial charge in [-0.25, -0.2) is 9.18 Å². The molecule has 2 N–H and O–H groups in total. The van der Waals surface area contributed by atoms with Crippen LogP contribution in [0, 0.1) is 5.82 Å². The molecule has 3 rings (SSSR count). The molecule has 2 aromatic rings. The maximum absolute atomic E-state index is 13.3. The lowest BCUT2D eigenvalue weighted by atomic mass is 10.0. The SMILES string of the molecule is COc1cc(CNC(=O)N(Cc2ccc(F)cc2)C2CCN(C)CC2)ccc1O. The number of amides is 2. The Morgan fingerprint density at radius 1 is 1.21 bits per heavy atom. The van der Waals surface area contributed by atoms with E-state index in [4.69, 9.17) is 4.74 Å². The standard InChI is InChI=1S/C22H28FN3O3/c1-25-11-9-19(10-12-25)26(15-16-3-6-18(23)7-4-16)22(28)24-14-17-5-8-20(27)21(13-17)29-2/h3-8,13,19,27H,9-12,14-15H2,1-2H3,(H,24,28). The first-order chi connectivity index (χ1) is 14.0. The molecule has 2 amide bonds. The highest BCUT2D eigenvalue weighted by Crippen LogP contribution is 2.26. The molecule has 6 nitrogen and oxygen atoms in total. The van der Waals surface area contributed by atoms with Gasteiger partial charge in [0.2, 0.25) is 0 Å². The van der Waals surface area contributed by atoms with Crippen LogP contribution in [0.25, 0.3) is 0 Å². The maximum Gasteiger partial charge on any atom is 0.318 e. The van der Waals surface area contributed by atoms with Crippen LogP contribution in [-0.4, -0.2) is 54.2 Å². The lowest BCUT2D eigenvalue weighted by Crippen LogP contribution is -2.49. The van der Waals surface area contributed by atoms with Crippen LogP contribution < -0.4 is 10.1 Å². The van der Waals surface area contributed by atoms with Crippen LogP contribution in [0.2, 0.25) is 0 Å². The third-order valence-electron chi connectivity index (χ3n) is 5.34. The average molecular weight is 401 g/mol. The molecule has 29 heavy (non-hydrogen) atoms. The van der Waals surface area contributed by atoms with E-state index >= 15 is 0 Å². The number of phenols is 1. The number of benzene rings is 2. The molecule has 1 fully saturated rings. The number of hydrogen-bond acceptors (Lipinski definition) is 4. The molecule has 0 unspecified atom stereocenters. The fraction of sp³-hybridized carbons (Fsp3) is 0.409. The number of halogens is 1. The van der Waals surface area contributed by atoms with Crippen LogP contribution in [0.1, 0.15) is 24.0 Å². The van der Waals surface area contributed by atoms with Crippen molar-refractivity contribution in [2.45, 2.75) is 32.0 Å². The van der Waals surface area contributed by atoms with Gasteiger partial charge in [0, 0.05) is 19.1 Å². The van der Waals surface area contributed by atoms with E-state index in [-0.39, 0.29) is 23.6 Å². The predicted molar refractivity (Wildman–Crippen MR) is 109 cm³/mol. The highest BCUT2D eigenvalue weighted by molar-refractivity contribution is 5.74. The first-order valence-corrected chi connectivity index (χ1v) is 9.79. The lowest BCUT2D eigenvalue weighted by Gasteiger charge is -2.37. The third kappa shape index (κ3) is 5.60. The minimum absolute atomic E-state index is 0.0619. The zero-order valence-electron chi connectivity index (χ0n) is 16.9. The second kappa shape index (κ2) is 9.60. The number of rotatable bonds is 6. The smallest absolute Gasteiger partial charge is 0.318 e. The van der Waals surface area contributed by atoms with Crippen LogP contribution >= 0.6 is 0 Å². The minimum atomic E-state index is -0.287. The van der Waals surface area contributed by atoms with Crippen LogP contribution in [0.4, 0.5) is 9.18 Å². The number of hydrogen-bond donors (Lipinski definition) is 2. The maximum atomic E-state index is 13.3. The fourth-order valence-electron chi connectivity index (χ4n) is 3.57. The Kier molecular flexibility index (Phi) is 6.93. The van der Waals surface area contributed by atoms with Crippen molar-refractivity contribution < 1.29 is 19.0 Å². The van der Waals surface area contributed by atoms with E-state index < -0.39 is 0 Å².